The predicted molar refractivity (Wildman–Crippen MR) is 116 cm³/mol. The lowest BCUT2D eigenvalue weighted by atomic mass is 10.1. The van der Waals surface area contributed by atoms with Gasteiger partial charge in [0.1, 0.15) is 0 Å². The molecule has 0 unspecified atom stereocenters. The molecule has 0 atom stereocenters. The van der Waals surface area contributed by atoms with Crippen LogP contribution in [0.4, 0.5) is 0 Å². The van der Waals surface area contributed by atoms with Crippen LogP contribution < -0.4 is 0 Å². The van der Waals surface area contributed by atoms with Crippen molar-refractivity contribution in [2.45, 2.75) is 19.8 Å². The number of carbonyl (C=O) groups is 1. The lowest BCUT2D eigenvalue weighted by molar-refractivity contribution is 0.104. The number of allylic oxidation sites excluding steroid dienone is 1. The summed E-state index contributed by atoms with van der Waals surface area (Å²) in [5, 5.41) is 0. The lowest BCUT2D eigenvalue weighted by Gasteiger charge is -2.00. The summed E-state index contributed by atoms with van der Waals surface area (Å²) in [5.41, 5.74) is 5.45. The van der Waals surface area contributed by atoms with E-state index in [-0.39, 0.29) is 5.78 Å². The minimum Gasteiger partial charge on any atom is -0.289 e. The van der Waals surface area contributed by atoms with E-state index in [1.54, 1.807) is 6.08 Å². The van der Waals surface area contributed by atoms with Gasteiger partial charge >= 0.3 is 0 Å². The first-order valence-corrected chi connectivity index (χ1v) is 9.39. The summed E-state index contributed by atoms with van der Waals surface area (Å²) in [6, 6.07) is 26.2. The monoisotopic (exact) mass is 352 g/mol. The van der Waals surface area contributed by atoms with Crippen LogP contribution >= 0.6 is 0 Å². The minimum atomic E-state index is 0.0195. The fourth-order valence-electron chi connectivity index (χ4n) is 2.87. The standard InChI is InChI=1S/C26H24O/c1-2-6-21-9-11-22(12-10-21)13-14-23-15-17-24(18-16-23)19-20-26(27)25-7-4-3-5-8-25/h3-5,7-20H,2,6H2,1H3/b14-13+,20-19+. The maximum Gasteiger partial charge on any atom is 0.185 e. The second-order valence-electron chi connectivity index (χ2n) is 6.56. The zero-order chi connectivity index (χ0) is 18.9. The molecule has 0 saturated carbocycles. The summed E-state index contributed by atoms with van der Waals surface area (Å²) >= 11 is 0. The number of rotatable bonds is 7. The van der Waals surface area contributed by atoms with Gasteiger partial charge in [-0.1, -0.05) is 110 Å². The van der Waals surface area contributed by atoms with Gasteiger partial charge in [0.25, 0.3) is 0 Å². The lowest BCUT2D eigenvalue weighted by Crippen LogP contribution is -1.92. The van der Waals surface area contributed by atoms with Crippen LogP contribution in [0.25, 0.3) is 18.2 Å². The van der Waals surface area contributed by atoms with Crippen LogP contribution in [-0.2, 0) is 6.42 Å². The number of carbonyl (C=O) groups excluding carboxylic acids is 1. The molecule has 0 heterocycles. The molecule has 0 radical (unpaired) electrons. The van der Waals surface area contributed by atoms with Crippen molar-refractivity contribution in [1.29, 1.82) is 0 Å². The van der Waals surface area contributed by atoms with Gasteiger partial charge in [0, 0.05) is 5.56 Å². The fraction of sp³-hybridized carbons (Fsp3) is 0.115. The second kappa shape index (κ2) is 9.49. The van der Waals surface area contributed by atoms with E-state index in [1.165, 1.54) is 17.5 Å². The Bertz CT molecular complexity index is 914. The highest BCUT2D eigenvalue weighted by atomic mass is 16.1. The van der Waals surface area contributed by atoms with Crippen molar-refractivity contribution >= 4 is 24.0 Å². The number of hydrogen-bond donors (Lipinski definition) is 0. The molecule has 3 rings (SSSR count). The van der Waals surface area contributed by atoms with E-state index in [2.05, 4.69) is 55.5 Å². The molecular formula is C26H24O. The van der Waals surface area contributed by atoms with Crippen molar-refractivity contribution in [2.75, 3.05) is 0 Å². The molecule has 0 N–H and O–H groups in total. The summed E-state index contributed by atoms with van der Waals surface area (Å²) in [7, 11) is 0. The van der Waals surface area contributed by atoms with Gasteiger partial charge in [0.15, 0.2) is 5.78 Å². The Kier molecular flexibility index (Phi) is 6.54. The van der Waals surface area contributed by atoms with Crippen molar-refractivity contribution in [2.24, 2.45) is 0 Å². The Morgan fingerprint density at radius 3 is 1.78 bits per heavy atom. The Morgan fingerprint density at radius 2 is 1.22 bits per heavy atom. The largest absolute Gasteiger partial charge is 0.289 e. The molecule has 0 amide bonds. The van der Waals surface area contributed by atoms with Gasteiger partial charge in [-0.2, -0.15) is 0 Å². The molecule has 1 heteroatoms. The fourth-order valence-corrected chi connectivity index (χ4v) is 2.87. The molecule has 27 heavy (non-hydrogen) atoms. The zero-order valence-corrected chi connectivity index (χ0v) is 15.6. The highest BCUT2D eigenvalue weighted by Crippen LogP contribution is 2.13. The molecule has 3 aromatic carbocycles. The normalized spacial score (nSPS) is 11.3. The molecule has 1 nitrogen and oxygen atoms in total. The van der Waals surface area contributed by atoms with Gasteiger partial charge in [0.05, 0.1) is 0 Å². The third-order valence-electron chi connectivity index (χ3n) is 4.41. The smallest absolute Gasteiger partial charge is 0.185 e. The molecule has 0 aromatic heterocycles. The van der Waals surface area contributed by atoms with Crippen molar-refractivity contribution in [1.82, 2.24) is 0 Å². The number of ketones is 1. The van der Waals surface area contributed by atoms with Crippen LogP contribution in [0.15, 0.2) is 84.9 Å². The molecule has 0 bridgehead atoms. The van der Waals surface area contributed by atoms with Crippen LogP contribution in [0.5, 0.6) is 0 Å². The van der Waals surface area contributed by atoms with Gasteiger partial charge in [0.2, 0.25) is 0 Å². The highest BCUT2D eigenvalue weighted by molar-refractivity contribution is 6.06. The molecular weight excluding hydrogens is 328 g/mol. The van der Waals surface area contributed by atoms with Gasteiger partial charge in [-0.25, -0.2) is 0 Å². The molecule has 0 aliphatic rings. The van der Waals surface area contributed by atoms with Crippen molar-refractivity contribution in [3.63, 3.8) is 0 Å². The summed E-state index contributed by atoms with van der Waals surface area (Å²) in [6.07, 6.45) is 10.0. The molecule has 0 aliphatic heterocycles. The average Bonchev–Trinajstić information content (AvgIpc) is 2.73. The van der Waals surface area contributed by atoms with Crippen LogP contribution in [0.3, 0.4) is 0 Å². The first-order chi connectivity index (χ1) is 13.2. The van der Waals surface area contributed by atoms with E-state index in [4.69, 9.17) is 0 Å². The Labute approximate surface area is 161 Å². The molecule has 134 valence electrons. The van der Waals surface area contributed by atoms with E-state index in [0.717, 1.165) is 17.5 Å². The van der Waals surface area contributed by atoms with Gasteiger partial charge in [-0.05, 0) is 34.8 Å². The second-order valence-corrected chi connectivity index (χ2v) is 6.56. The Morgan fingerprint density at radius 1 is 0.704 bits per heavy atom. The van der Waals surface area contributed by atoms with Gasteiger partial charge in [-0.3, -0.25) is 4.79 Å². The van der Waals surface area contributed by atoms with Gasteiger partial charge < -0.3 is 0 Å². The van der Waals surface area contributed by atoms with E-state index < -0.39 is 0 Å². The van der Waals surface area contributed by atoms with Crippen LogP contribution in [-0.4, -0.2) is 5.78 Å². The van der Waals surface area contributed by atoms with E-state index in [0.29, 0.717) is 5.56 Å². The van der Waals surface area contributed by atoms with Crippen molar-refractivity contribution < 1.29 is 4.79 Å². The Balaban J connectivity index is 1.61. The topological polar surface area (TPSA) is 17.1 Å². The quantitative estimate of drug-likeness (QED) is 0.262. The molecule has 0 saturated heterocycles. The van der Waals surface area contributed by atoms with Crippen molar-refractivity contribution in [3.05, 3.63) is 113 Å². The van der Waals surface area contributed by atoms with E-state index in [9.17, 15) is 4.79 Å². The zero-order valence-electron chi connectivity index (χ0n) is 15.6. The van der Waals surface area contributed by atoms with Crippen LogP contribution in [0.2, 0.25) is 0 Å². The van der Waals surface area contributed by atoms with Crippen LogP contribution in [0, 0.1) is 0 Å². The maximum atomic E-state index is 12.1. The highest BCUT2D eigenvalue weighted by Gasteiger charge is 1.99. The SMILES string of the molecule is CCCc1ccc(/C=C/c2ccc(/C=C/C(=O)c3ccccc3)cc2)cc1. The molecule has 0 fully saturated rings. The summed E-state index contributed by atoms with van der Waals surface area (Å²) in [6.45, 7) is 2.20. The molecule has 0 aliphatic carbocycles. The first kappa shape index (κ1) is 18.6. The number of aryl methyl sites for hydroxylation is 1. The number of hydrogen-bond acceptors (Lipinski definition) is 1. The van der Waals surface area contributed by atoms with Crippen molar-refractivity contribution in [3.8, 4) is 0 Å². The summed E-state index contributed by atoms with van der Waals surface area (Å²) in [5.74, 6) is 0.0195. The summed E-state index contributed by atoms with van der Waals surface area (Å²) in [4.78, 5) is 12.1. The van der Waals surface area contributed by atoms with E-state index >= 15 is 0 Å². The van der Waals surface area contributed by atoms with E-state index in [1.807, 2.05) is 48.5 Å². The third kappa shape index (κ3) is 5.65. The summed E-state index contributed by atoms with van der Waals surface area (Å²) < 4.78 is 0. The first-order valence-electron chi connectivity index (χ1n) is 9.39. The molecule has 0 spiro atoms. The average molecular weight is 352 g/mol. The Hall–Kier alpha value is -3.19. The molecule has 3 aromatic rings. The number of benzene rings is 3. The van der Waals surface area contributed by atoms with Gasteiger partial charge in [-0.15, -0.1) is 0 Å². The third-order valence-corrected chi connectivity index (χ3v) is 4.41. The van der Waals surface area contributed by atoms with Crippen LogP contribution in [0.1, 0.15) is 46.0 Å². The predicted octanol–water partition coefficient (Wildman–Crippen LogP) is 6.71. The maximum absolute atomic E-state index is 12.1. The minimum absolute atomic E-state index is 0.0195.